The summed E-state index contributed by atoms with van der Waals surface area (Å²) in [5.41, 5.74) is 3.76. The van der Waals surface area contributed by atoms with Crippen molar-refractivity contribution in [1.82, 2.24) is 0 Å². The maximum Gasteiger partial charge on any atom is 0.125 e. The van der Waals surface area contributed by atoms with E-state index in [0.29, 0.717) is 0 Å². The van der Waals surface area contributed by atoms with Crippen molar-refractivity contribution in [3.8, 4) is 5.75 Å². The fourth-order valence-corrected chi connectivity index (χ4v) is 1.91. The van der Waals surface area contributed by atoms with Crippen LogP contribution >= 0.6 is 15.9 Å². The van der Waals surface area contributed by atoms with E-state index in [-0.39, 0.29) is 6.10 Å². The summed E-state index contributed by atoms with van der Waals surface area (Å²) in [6.45, 7) is 8.47. The molecule has 1 aromatic rings. The fourth-order valence-electron chi connectivity index (χ4n) is 1.59. The van der Waals surface area contributed by atoms with E-state index in [2.05, 4.69) is 55.8 Å². The van der Waals surface area contributed by atoms with E-state index < -0.39 is 0 Å². The van der Waals surface area contributed by atoms with Crippen LogP contribution in [0.4, 0.5) is 0 Å². The van der Waals surface area contributed by atoms with Crippen LogP contribution in [0.5, 0.6) is 5.75 Å². The van der Waals surface area contributed by atoms with Crippen molar-refractivity contribution in [3.05, 3.63) is 28.8 Å². The average molecular weight is 271 g/mol. The molecule has 0 N–H and O–H groups in total. The summed E-state index contributed by atoms with van der Waals surface area (Å²) in [4.78, 5) is 0. The van der Waals surface area contributed by atoms with E-state index in [1.165, 1.54) is 16.7 Å². The molecule has 84 valence electrons. The van der Waals surface area contributed by atoms with Crippen molar-refractivity contribution < 1.29 is 4.74 Å². The Morgan fingerprint density at radius 3 is 2.20 bits per heavy atom. The lowest BCUT2D eigenvalue weighted by Crippen LogP contribution is -2.11. The first kappa shape index (κ1) is 12.6. The molecule has 1 aromatic carbocycles. The molecule has 0 heterocycles. The third-order valence-corrected chi connectivity index (χ3v) is 3.22. The molecule has 0 spiro atoms. The van der Waals surface area contributed by atoms with Crippen molar-refractivity contribution in [3.63, 3.8) is 0 Å². The van der Waals surface area contributed by atoms with Crippen molar-refractivity contribution in [2.75, 3.05) is 0 Å². The summed E-state index contributed by atoms with van der Waals surface area (Å²) in [5.74, 6) is 1.05. The second-order valence-electron chi connectivity index (χ2n) is 4.03. The minimum atomic E-state index is 0.289. The molecule has 1 rings (SSSR count). The topological polar surface area (TPSA) is 9.23 Å². The van der Waals surface area contributed by atoms with Crippen molar-refractivity contribution in [2.45, 2.75) is 45.5 Å². The molecule has 1 atom stereocenters. The highest BCUT2D eigenvalue weighted by atomic mass is 79.9. The van der Waals surface area contributed by atoms with Crippen LogP contribution in [0.3, 0.4) is 0 Å². The van der Waals surface area contributed by atoms with Crippen LogP contribution in [0, 0.1) is 13.8 Å². The summed E-state index contributed by atoms with van der Waals surface area (Å²) in [6.07, 6.45) is 1.33. The normalized spacial score (nSPS) is 12.6. The lowest BCUT2D eigenvalue weighted by atomic mass is 10.1. The van der Waals surface area contributed by atoms with Gasteiger partial charge in [0.15, 0.2) is 0 Å². The number of ether oxygens (including phenoxy) is 1. The Morgan fingerprint density at radius 1 is 1.27 bits per heavy atom. The van der Waals surface area contributed by atoms with Gasteiger partial charge in [0.1, 0.15) is 5.75 Å². The Morgan fingerprint density at radius 2 is 1.80 bits per heavy atom. The van der Waals surface area contributed by atoms with E-state index >= 15 is 0 Å². The van der Waals surface area contributed by atoms with Gasteiger partial charge in [0, 0.05) is 5.33 Å². The Labute approximate surface area is 101 Å². The van der Waals surface area contributed by atoms with Gasteiger partial charge in [-0.3, -0.25) is 0 Å². The summed E-state index contributed by atoms with van der Waals surface area (Å²) in [5, 5.41) is 0.901. The second kappa shape index (κ2) is 5.55. The molecule has 1 unspecified atom stereocenters. The molecule has 0 aromatic heterocycles. The van der Waals surface area contributed by atoms with Gasteiger partial charge in [-0.15, -0.1) is 0 Å². The van der Waals surface area contributed by atoms with Gasteiger partial charge in [0.25, 0.3) is 0 Å². The molecular formula is C13H19BrO. The first-order valence-corrected chi connectivity index (χ1v) is 6.53. The molecule has 0 saturated heterocycles. The summed E-state index contributed by atoms with van der Waals surface area (Å²) in [7, 11) is 0. The highest BCUT2D eigenvalue weighted by molar-refractivity contribution is 9.08. The maximum atomic E-state index is 5.91. The Hall–Kier alpha value is -0.500. The van der Waals surface area contributed by atoms with Gasteiger partial charge in [0.2, 0.25) is 0 Å². The molecule has 0 fully saturated rings. The van der Waals surface area contributed by atoms with Crippen LogP contribution in [0.15, 0.2) is 12.1 Å². The van der Waals surface area contributed by atoms with Gasteiger partial charge in [-0.05, 0) is 43.9 Å². The van der Waals surface area contributed by atoms with Gasteiger partial charge < -0.3 is 4.74 Å². The predicted octanol–water partition coefficient (Wildman–Crippen LogP) is 4.38. The molecule has 1 nitrogen and oxygen atoms in total. The van der Waals surface area contributed by atoms with E-state index in [4.69, 9.17) is 4.74 Å². The maximum absolute atomic E-state index is 5.91. The van der Waals surface area contributed by atoms with E-state index in [0.717, 1.165) is 17.5 Å². The predicted molar refractivity (Wildman–Crippen MR) is 68.9 cm³/mol. The lowest BCUT2D eigenvalue weighted by molar-refractivity contribution is 0.214. The molecule has 0 aliphatic carbocycles. The average Bonchev–Trinajstić information content (AvgIpc) is 2.22. The first-order valence-electron chi connectivity index (χ1n) is 5.41. The zero-order valence-electron chi connectivity index (χ0n) is 9.93. The number of hydrogen-bond donors (Lipinski definition) is 0. The molecule has 0 aliphatic rings. The number of hydrogen-bond acceptors (Lipinski definition) is 1. The summed E-state index contributed by atoms with van der Waals surface area (Å²) < 4.78 is 5.91. The van der Waals surface area contributed by atoms with Crippen molar-refractivity contribution in [2.24, 2.45) is 0 Å². The first-order chi connectivity index (χ1) is 7.08. The van der Waals surface area contributed by atoms with E-state index in [1.54, 1.807) is 0 Å². The third kappa shape index (κ3) is 3.23. The van der Waals surface area contributed by atoms with Crippen LogP contribution in [0.2, 0.25) is 0 Å². The Kier molecular flexibility index (Phi) is 4.65. The monoisotopic (exact) mass is 270 g/mol. The minimum Gasteiger partial charge on any atom is -0.490 e. The number of halogens is 1. The Balaban J connectivity index is 2.98. The highest BCUT2D eigenvalue weighted by Gasteiger charge is 2.08. The molecule has 2 heteroatoms. The third-order valence-electron chi connectivity index (χ3n) is 2.57. The van der Waals surface area contributed by atoms with Crippen molar-refractivity contribution >= 4 is 15.9 Å². The number of benzene rings is 1. The van der Waals surface area contributed by atoms with E-state index in [1.807, 2.05) is 0 Å². The fraction of sp³-hybridized carbons (Fsp3) is 0.538. The second-order valence-corrected chi connectivity index (χ2v) is 4.59. The number of alkyl halides is 1. The van der Waals surface area contributed by atoms with Gasteiger partial charge >= 0.3 is 0 Å². The molecule has 15 heavy (non-hydrogen) atoms. The zero-order valence-corrected chi connectivity index (χ0v) is 11.5. The smallest absolute Gasteiger partial charge is 0.125 e. The molecule has 0 radical (unpaired) electrons. The van der Waals surface area contributed by atoms with Crippen molar-refractivity contribution in [1.29, 1.82) is 0 Å². The number of rotatable bonds is 4. The van der Waals surface area contributed by atoms with E-state index in [9.17, 15) is 0 Å². The van der Waals surface area contributed by atoms with Gasteiger partial charge in [-0.25, -0.2) is 0 Å². The summed E-state index contributed by atoms with van der Waals surface area (Å²) >= 11 is 3.47. The molecule has 0 bridgehead atoms. The lowest BCUT2D eigenvalue weighted by Gasteiger charge is -2.17. The molecule has 0 saturated carbocycles. The van der Waals surface area contributed by atoms with Crippen LogP contribution in [0.25, 0.3) is 0 Å². The molecule has 0 amide bonds. The quantitative estimate of drug-likeness (QED) is 0.738. The van der Waals surface area contributed by atoms with Gasteiger partial charge in [-0.2, -0.15) is 0 Å². The van der Waals surface area contributed by atoms with Crippen LogP contribution in [-0.2, 0) is 5.33 Å². The largest absolute Gasteiger partial charge is 0.490 e. The van der Waals surface area contributed by atoms with Gasteiger partial charge in [-0.1, -0.05) is 35.0 Å². The zero-order chi connectivity index (χ0) is 11.4. The SMILES string of the molecule is CCC(C)Oc1c(C)cc(CBr)cc1C. The molecular weight excluding hydrogens is 252 g/mol. The van der Waals surface area contributed by atoms with Crippen LogP contribution in [-0.4, -0.2) is 6.10 Å². The summed E-state index contributed by atoms with van der Waals surface area (Å²) in [6, 6.07) is 4.36. The minimum absolute atomic E-state index is 0.289. The standard InChI is InChI=1S/C13H19BrO/c1-5-11(4)15-13-9(2)6-12(8-14)7-10(13)3/h6-7,11H,5,8H2,1-4H3. The number of aryl methyl sites for hydroxylation is 2. The Bertz CT molecular complexity index is 310. The van der Waals surface area contributed by atoms with Crippen LogP contribution < -0.4 is 4.74 Å². The molecule has 0 aliphatic heterocycles. The van der Waals surface area contributed by atoms with Gasteiger partial charge in [0.05, 0.1) is 6.10 Å². The van der Waals surface area contributed by atoms with Crippen LogP contribution in [0.1, 0.15) is 37.0 Å². The highest BCUT2D eigenvalue weighted by Crippen LogP contribution is 2.27.